The number of carbonyl (C=O) groups is 1. The van der Waals surface area contributed by atoms with Crippen molar-refractivity contribution in [1.29, 1.82) is 0 Å². The van der Waals surface area contributed by atoms with Crippen LogP contribution in [0.2, 0.25) is 0 Å². The Hall–Kier alpha value is -3.54. The molecule has 11 heteroatoms. The molecule has 206 valence electrons. The van der Waals surface area contributed by atoms with E-state index in [-0.39, 0.29) is 19.2 Å². The maximum Gasteiger partial charge on any atom is 0.319 e. The quantitative estimate of drug-likeness (QED) is 0.389. The van der Waals surface area contributed by atoms with Crippen molar-refractivity contribution < 1.29 is 23.1 Å². The van der Waals surface area contributed by atoms with E-state index in [1.165, 1.54) is 0 Å². The smallest absolute Gasteiger partial charge is 0.319 e. The molecule has 2 amide bonds. The highest BCUT2D eigenvalue weighted by atomic mass is 32.2. The summed E-state index contributed by atoms with van der Waals surface area (Å²) in [6.45, 7) is 5.63. The number of urea groups is 1. The third-order valence-electron chi connectivity index (χ3n) is 7.24. The molecule has 3 aromatic rings. The number of amides is 2. The number of hydrogen-bond donors (Lipinski definition) is 3. The van der Waals surface area contributed by atoms with Crippen molar-refractivity contribution in [2.24, 2.45) is 0 Å². The predicted molar refractivity (Wildman–Crippen MR) is 148 cm³/mol. The van der Waals surface area contributed by atoms with Gasteiger partial charge in [0.1, 0.15) is 10.6 Å². The Morgan fingerprint density at radius 2 is 1.90 bits per heavy atom. The molecule has 1 saturated carbocycles. The second-order valence-electron chi connectivity index (χ2n) is 10.00. The van der Waals surface area contributed by atoms with E-state index in [0.29, 0.717) is 71.6 Å². The minimum Gasteiger partial charge on any atom is -0.395 e. The molecule has 2 aliphatic rings. The minimum absolute atomic E-state index is 0.0708. The summed E-state index contributed by atoms with van der Waals surface area (Å²) in [5.74, 6) is 1.09. The number of ether oxygens (including phenoxy) is 1. The average Bonchev–Trinajstić information content (AvgIpc) is 3.76. The largest absolute Gasteiger partial charge is 0.395 e. The molecule has 1 aromatic heterocycles. The van der Waals surface area contributed by atoms with Crippen molar-refractivity contribution in [3.05, 3.63) is 65.9 Å². The number of aromatic nitrogens is 2. The van der Waals surface area contributed by atoms with Gasteiger partial charge in [0.2, 0.25) is 0 Å². The van der Waals surface area contributed by atoms with Crippen LogP contribution >= 0.6 is 0 Å². The molecule has 1 atom stereocenters. The standard InChI is InChI=1S/C28H33N5O5S/c1-19-5-3-4-6-23(19)39(36,37)28(11-12-28)24-17-25(33-14-16-38-18-20(33)2)32-26(31-24)21-7-9-22(10-8-21)30-27(35)29-13-15-34/h3-10,17,20,34H,11-16,18H2,1-2H3,(H2,29,30,35)/t20-/m0/s1. The van der Waals surface area contributed by atoms with E-state index < -0.39 is 20.6 Å². The summed E-state index contributed by atoms with van der Waals surface area (Å²) < 4.78 is 32.5. The first-order valence-corrected chi connectivity index (χ1v) is 14.5. The lowest BCUT2D eigenvalue weighted by atomic mass is 10.1. The van der Waals surface area contributed by atoms with Gasteiger partial charge in [0.05, 0.1) is 36.5 Å². The maximum absolute atomic E-state index is 14.0. The highest BCUT2D eigenvalue weighted by Crippen LogP contribution is 2.55. The van der Waals surface area contributed by atoms with Crippen molar-refractivity contribution in [3.8, 4) is 11.4 Å². The molecule has 0 spiro atoms. The highest BCUT2D eigenvalue weighted by molar-refractivity contribution is 7.92. The summed E-state index contributed by atoms with van der Waals surface area (Å²) in [5, 5.41) is 14.1. The van der Waals surface area contributed by atoms with Crippen molar-refractivity contribution in [1.82, 2.24) is 15.3 Å². The van der Waals surface area contributed by atoms with Crippen molar-refractivity contribution in [3.63, 3.8) is 0 Å². The molecule has 1 aliphatic carbocycles. The number of morpholine rings is 1. The monoisotopic (exact) mass is 551 g/mol. The van der Waals surface area contributed by atoms with Crippen LogP contribution in [0.4, 0.5) is 16.3 Å². The van der Waals surface area contributed by atoms with Crippen LogP contribution < -0.4 is 15.5 Å². The van der Waals surface area contributed by atoms with Gasteiger partial charge in [-0.2, -0.15) is 0 Å². The zero-order chi connectivity index (χ0) is 27.6. The molecular weight excluding hydrogens is 518 g/mol. The molecule has 0 unspecified atom stereocenters. The van der Waals surface area contributed by atoms with E-state index in [1.807, 2.05) is 25.1 Å². The molecule has 10 nitrogen and oxygen atoms in total. The number of benzene rings is 2. The molecule has 1 aliphatic heterocycles. The SMILES string of the molecule is Cc1ccccc1S(=O)(=O)C1(c2cc(N3CCOC[C@@H]3C)nc(-c3ccc(NC(=O)NCCO)cc3)n2)CC1. The van der Waals surface area contributed by atoms with E-state index >= 15 is 0 Å². The number of aliphatic hydroxyl groups is 1. The zero-order valence-electron chi connectivity index (χ0n) is 22.1. The van der Waals surface area contributed by atoms with Crippen molar-refractivity contribution in [2.45, 2.75) is 42.4 Å². The zero-order valence-corrected chi connectivity index (χ0v) is 22.9. The number of sulfone groups is 1. The maximum atomic E-state index is 14.0. The molecule has 2 aromatic carbocycles. The lowest BCUT2D eigenvalue weighted by Gasteiger charge is -2.34. The number of anilines is 2. The Kier molecular flexibility index (Phi) is 7.57. The number of hydrogen-bond acceptors (Lipinski definition) is 8. The van der Waals surface area contributed by atoms with Gasteiger partial charge < -0.3 is 25.4 Å². The van der Waals surface area contributed by atoms with E-state index in [2.05, 4.69) is 22.5 Å². The number of carbonyl (C=O) groups excluding carboxylic acids is 1. The molecule has 1 saturated heterocycles. The molecule has 3 N–H and O–H groups in total. The highest BCUT2D eigenvalue weighted by Gasteiger charge is 2.58. The summed E-state index contributed by atoms with van der Waals surface area (Å²) in [5.41, 5.74) is 2.47. The van der Waals surface area contributed by atoms with Gasteiger partial charge in [-0.3, -0.25) is 0 Å². The van der Waals surface area contributed by atoms with Crippen molar-refractivity contribution >= 4 is 27.4 Å². The molecule has 2 fully saturated rings. The number of aliphatic hydroxyl groups excluding tert-OH is 1. The number of nitrogens with zero attached hydrogens (tertiary/aromatic N) is 3. The van der Waals surface area contributed by atoms with Crippen LogP contribution in [0.1, 0.15) is 31.0 Å². The lowest BCUT2D eigenvalue weighted by Crippen LogP contribution is -2.44. The van der Waals surface area contributed by atoms with Crippen LogP contribution in [0.5, 0.6) is 0 Å². The topological polar surface area (TPSA) is 134 Å². The van der Waals surface area contributed by atoms with Crippen LogP contribution in [-0.2, 0) is 19.3 Å². The second-order valence-corrected chi connectivity index (χ2v) is 12.2. The van der Waals surface area contributed by atoms with E-state index in [1.54, 1.807) is 36.4 Å². The molecule has 2 heterocycles. The van der Waals surface area contributed by atoms with Gasteiger partial charge in [-0.25, -0.2) is 23.2 Å². The normalized spacial score (nSPS) is 18.4. The van der Waals surface area contributed by atoms with Crippen LogP contribution in [0.25, 0.3) is 11.4 Å². The van der Waals surface area contributed by atoms with Crippen molar-refractivity contribution in [2.75, 3.05) is 43.1 Å². The fourth-order valence-corrected chi connectivity index (χ4v) is 7.09. The van der Waals surface area contributed by atoms with Crippen LogP contribution in [0.3, 0.4) is 0 Å². The van der Waals surface area contributed by atoms with E-state index in [9.17, 15) is 13.2 Å². The first-order chi connectivity index (χ1) is 18.7. The third kappa shape index (κ3) is 5.34. The van der Waals surface area contributed by atoms with Gasteiger partial charge >= 0.3 is 6.03 Å². The summed E-state index contributed by atoms with van der Waals surface area (Å²) in [6.07, 6.45) is 0.980. The first kappa shape index (κ1) is 27.0. The summed E-state index contributed by atoms with van der Waals surface area (Å²) in [7, 11) is -3.70. The fourth-order valence-electron chi connectivity index (χ4n) is 4.90. The summed E-state index contributed by atoms with van der Waals surface area (Å²) in [6, 6.07) is 15.6. The molecular formula is C28H33N5O5S. The lowest BCUT2D eigenvalue weighted by molar-refractivity contribution is 0.0985. The molecule has 5 rings (SSSR count). The van der Waals surface area contributed by atoms with E-state index in [0.717, 1.165) is 0 Å². The second kappa shape index (κ2) is 10.9. The van der Waals surface area contributed by atoms with Gasteiger partial charge in [0.15, 0.2) is 15.7 Å². The van der Waals surface area contributed by atoms with Crippen LogP contribution in [0, 0.1) is 6.92 Å². The van der Waals surface area contributed by atoms with Crippen LogP contribution in [-0.4, -0.2) is 68.5 Å². The van der Waals surface area contributed by atoms with Gasteiger partial charge in [0, 0.05) is 30.4 Å². The van der Waals surface area contributed by atoms with E-state index in [4.69, 9.17) is 19.8 Å². The van der Waals surface area contributed by atoms with Gasteiger partial charge in [-0.15, -0.1) is 0 Å². The van der Waals surface area contributed by atoms with Gasteiger partial charge in [-0.05, 0) is 62.6 Å². The number of rotatable bonds is 8. The van der Waals surface area contributed by atoms with Crippen LogP contribution in [0.15, 0.2) is 59.5 Å². The predicted octanol–water partition coefficient (Wildman–Crippen LogP) is 3.25. The summed E-state index contributed by atoms with van der Waals surface area (Å²) >= 11 is 0. The number of nitrogens with one attached hydrogen (secondary N) is 2. The average molecular weight is 552 g/mol. The molecule has 0 radical (unpaired) electrons. The van der Waals surface area contributed by atoms with Gasteiger partial charge in [-0.1, -0.05) is 18.2 Å². The van der Waals surface area contributed by atoms with Gasteiger partial charge in [0.25, 0.3) is 0 Å². The Bertz CT molecular complexity index is 1460. The third-order valence-corrected chi connectivity index (χ3v) is 9.92. The first-order valence-electron chi connectivity index (χ1n) is 13.1. The Morgan fingerprint density at radius 1 is 1.15 bits per heavy atom. The fraction of sp³-hybridized carbons (Fsp3) is 0.393. The Morgan fingerprint density at radius 3 is 2.56 bits per heavy atom. The summed E-state index contributed by atoms with van der Waals surface area (Å²) in [4.78, 5) is 24.1. The molecule has 0 bridgehead atoms. The Labute approximate surface area is 228 Å². The Balaban J connectivity index is 1.54. The minimum atomic E-state index is -3.70. The number of aryl methyl sites for hydroxylation is 1. The molecule has 39 heavy (non-hydrogen) atoms.